The highest BCUT2D eigenvalue weighted by atomic mass is 14.9. The molecule has 2 heterocycles. The second kappa shape index (κ2) is 1.91. The van der Waals surface area contributed by atoms with Crippen LogP contribution in [0, 0.1) is 0 Å². The largest absolute Gasteiger partial charge is 0.237 e. The van der Waals surface area contributed by atoms with Gasteiger partial charge in [0.2, 0.25) is 0 Å². The molecule has 0 atom stereocenters. The van der Waals surface area contributed by atoms with Gasteiger partial charge in [0.25, 0.3) is 0 Å². The first-order valence-corrected chi connectivity index (χ1v) is 3.87. The van der Waals surface area contributed by atoms with E-state index in [1.807, 2.05) is 18.2 Å². The molecule has 0 N–H and O–H groups in total. The van der Waals surface area contributed by atoms with E-state index < -0.39 is 0 Å². The van der Waals surface area contributed by atoms with Gasteiger partial charge in [-0.3, -0.25) is 0 Å². The molecular formula is C10H6N2. The topological polar surface area (TPSA) is 25.2 Å². The molecule has 2 aliphatic rings. The van der Waals surface area contributed by atoms with E-state index in [1.165, 1.54) is 5.56 Å². The zero-order valence-corrected chi connectivity index (χ0v) is 6.36. The highest BCUT2D eigenvalue weighted by Gasteiger charge is 2.03. The van der Waals surface area contributed by atoms with Gasteiger partial charge in [-0.2, -0.15) is 0 Å². The Labute approximate surface area is 69.3 Å². The van der Waals surface area contributed by atoms with Crippen molar-refractivity contribution < 1.29 is 0 Å². The third kappa shape index (κ3) is 0.639. The maximum atomic E-state index is 4.39. The molecule has 2 heteroatoms. The van der Waals surface area contributed by atoms with Crippen LogP contribution in [0.4, 0.5) is 5.82 Å². The molecule has 12 heavy (non-hydrogen) atoms. The van der Waals surface area contributed by atoms with E-state index in [0.717, 1.165) is 16.4 Å². The second-order valence-electron chi connectivity index (χ2n) is 2.85. The summed E-state index contributed by atoms with van der Waals surface area (Å²) in [6.45, 7) is 0. The van der Waals surface area contributed by atoms with E-state index in [9.17, 15) is 0 Å². The lowest BCUT2D eigenvalue weighted by atomic mass is 10.2. The molecule has 0 saturated heterocycles. The number of rotatable bonds is 0. The van der Waals surface area contributed by atoms with Gasteiger partial charge in [-0.25, -0.2) is 9.98 Å². The van der Waals surface area contributed by atoms with Crippen molar-refractivity contribution in [3.63, 3.8) is 0 Å². The maximum Gasteiger partial charge on any atom is 0.159 e. The normalized spacial score (nSPS) is 15.3. The number of fused-ring (bicyclic) bond motifs is 2. The molecule has 56 valence electrons. The van der Waals surface area contributed by atoms with Gasteiger partial charge < -0.3 is 0 Å². The summed E-state index contributed by atoms with van der Waals surface area (Å²) < 4.78 is 0. The van der Waals surface area contributed by atoms with Crippen molar-refractivity contribution in [1.29, 1.82) is 0 Å². The number of aromatic nitrogens is 1. The van der Waals surface area contributed by atoms with Crippen LogP contribution in [0.3, 0.4) is 0 Å². The Balaban J connectivity index is 2.50. The molecule has 0 amide bonds. The van der Waals surface area contributed by atoms with Gasteiger partial charge in [0.05, 0.1) is 5.35 Å². The molecule has 3 rings (SSSR count). The molecule has 0 unspecified atom stereocenters. The average molecular weight is 154 g/mol. The highest BCUT2D eigenvalue weighted by Crippen LogP contribution is 2.05. The van der Waals surface area contributed by atoms with Gasteiger partial charge in [-0.15, -0.1) is 0 Å². The van der Waals surface area contributed by atoms with Crippen molar-refractivity contribution in [1.82, 2.24) is 4.98 Å². The number of hydrogen-bond donors (Lipinski definition) is 0. The zero-order valence-electron chi connectivity index (χ0n) is 6.36. The Hall–Kier alpha value is -1.70. The van der Waals surface area contributed by atoms with Crippen LogP contribution in [0.5, 0.6) is 0 Å². The molecular weight excluding hydrogens is 148 g/mol. The Morgan fingerprint density at radius 3 is 3.17 bits per heavy atom. The number of nitrogens with zero attached hydrogens (tertiary/aromatic N) is 2. The minimum Gasteiger partial charge on any atom is -0.237 e. The van der Waals surface area contributed by atoms with Gasteiger partial charge in [0, 0.05) is 17.0 Å². The molecule has 1 aromatic rings. The monoisotopic (exact) mass is 154 g/mol. The van der Waals surface area contributed by atoms with E-state index in [-0.39, 0.29) is 0 Å². The Bertz CT molecular complexity index is 472. The lowest BCUT2D eigenvalue weighted by Crippen LogP contribution is -2.14. The minimum absolute atomic E-state index is 0.841. The number of pyridine rings is 1. The quantitative estimate of drug-likeness (QED) is 0.530. The molecule has 0 spiro atoms. The maximum absolute atomic E-state index is 4.39. The SMILES string of the molecule is C1=Cc2cc3c(nc2=C1)N=CC=3. The van der Waals surface area contributed by atoms with E-state index in [4.69, 9.17) is 0 Å². The smallest absolute Gasteiger partial charge is 0.159 e. The molecule has 1 aromatic heterocycles. The first-order chi connectivity index (χ1) is 5.93. The van der Waals surface area contributed by atoms with Gasteiger partial charge in [-0.1, -0.05) is 12.2 Å². The molecule has 1 aliphatic carbocycles. The zero-order chi connectivity index (χ0) is 7.97. The first-order valence-electron chi connectivity index (χ1n) is 3.87. The van der Waals surface area contributed by atoms with Crippen molar-refractivity contribution in [3.05, 3.63) is 28.3 Å². The predicted octanol–water partition coefficient (Wildman–Crippen LogP) is 0.385. The molecule has 0 aromatic carbocycles. The van der Waals surface area contributed by atoms with Gasteiger partial charge in [-0.05, 0) is 18.2 Å². The van der Waals surface area contributed by atoms with Crippen molar-refractivity contribution in [2.75, 3.05) is 0 Å². The first kappa shape index (κ1) is 5.89. The third-order valence-electron chi connectivity index (χ3n) is 2.07. The minimum atomic E-state index is 0.841. The van der Waals surface area contributed by atoms with Crippen molar-refractivity contribution in [3.8, 4) is 0 Å². The Morgan fingerprint density at radius 1 is 1.17 bits per heavy atom. The Morgan fingerprint density at radius 2 is 2.17 bits per heavy atom. The fraction of sp³-hybridized carbons (Fsp3) is 0. The second-order valence-corrected chi connectivity index (χ2v) is 2.85. The van der Waals surface area contributed by atoms with Gasteiger partial charge in [0.15, 0.2) is 5.82 Å². The van der Waals surface area contributed by atoms with Crippen LogP contribution >= 0.6 is 0 Å². The van der Waals surface area contributed by atoms with E-state index in [1.54, 1.807) is 6.21 Å². The summed E-state index contributed by atoms with van der Waals surface area (Å²) in [5, 5.41) is 2.15. The standard InChI is InChI=1S/C10H6N2/c1-2-7-6-8-4-5-11-10(8)12-9(7)3-1/h1-6H. The molecule has 0 saturated carbocycles. The van der Waals surface area contributed by atoms with Crippen LogP contribution in [0.2, 0.25) is 0 Å². The lowest BCUT2D eigenvalue weighted by molar-refractivity contribution is 1.21. The summed E-state index contributed by atoms with van der Waals surface area (Å²) in [5.74, 6) is 0.841. The van der Waals surface area contributed by atoms with Crippen LogP contribution in [0.15, 0.2) is 17.1 Å². The fourth-order valence-electron chi connectivity index (χ4n) is 1.47. The van der Waals surface area contributed by atoms with E-state index in [2.05, 4.69) is 22.1 Å². The van der Waals surface area contributed by atoms with Crippen LogP contribution < -0.4 is 10.6 Å². The summed E-state index contributed by atoms with van der Waals surface area (Å²) >= 11 is 0. The number of allylic oxidation sites excluding steroid dienone is 1. The van der Waals surface area contributed by atoms with Gasteiger partial charge in [0.1, 0.15) is 0 Å². The predicted molar refractivity (Wildman–Crippen MR) is 49.6 cm³/mol. The van der Waals surface area contributed by atoms with Crippen LogP contribution in [-0.2, 0) is 0 Å². The Kier molecular flexibility index (Phi) is 0.939. The van der Waals surface area contributed by atoms with Crippen LogP contribution in [0.25, 0.3) is 18.2 Å². The average Bonchev–Trinajstić information content (AvgIpc) is 2.64. The van der Waals surface area contributed by atoms with Crippen LogP contribution in [-0.4, -0.2) is 11.2 Å². The lowest BCUT2D eigenvalue weighted by Gasteiger charge is -1.92. The summed E-state index contributed by atoms with van der Waals surface area (Å²) in [4.78, 5) is 8.52. The number of hydrogen-bond acceptors (Lipinski definition) is 2. The van der Waals surface area contributed by atoms with Crippen molar-refractivity contribution in [2.45, 2.75) is 0 Å². The molecule has 2 nitrogen and oxygen atoms in total. The van der Waals surface area contributed by atoms with Crippen LogP contribution in [0.1, 0.15) is 5.56 Å². The molecule has 0 fully saturated rings. The highest BCUT2D eigenvalue weighted by molar-refractivity contribution is 5.96. The summed E-state index contributed by atoms with van der Waals surface area (Å²) in [7, 11) is 0. The fourth-order valence-corrected chi connectivity index (χ4v) is 1.47. The summed E-state index contributed by atoms with van der Waals surface area (Å²) in [6.07, 6.45) is 9.85. The van der Waals surface area contributed by atoms with Crippen molar-refractivity contribution >= 4 is 30.3 Å². The molecule has 0 bridgehead atoms. The third-order valence-corrected chi connectivity index (χ3v) is 2.07. The number of aliphatic imine (C=N–C) groups is 1. The van der Waals surface area contributed by atoms with Crippen molar-refractivity contribution in [2.24, 2.45) is 4.99 Å². The molecule has 1 aliphatic heterocycles. The molecule has 0 radical (unpaired) electrons. The van der Waals surface area contributed by atoms with E-state index >= 15 is 0 Å². The van der Waals surface area contributed by atoms with Gasteiger partial charge >= 0.3 is 0 Å². The summed E-state index contributed by atoms with van der Waals surface area (Å²) in [6, 6.07) is 2.12. The summed E-state index contributed by atoms with van der Waals surface area (Å²) in [5.41, 5.74) is 1.19. The van der Waals surface area contributed by atoms with E-state index in [0.29, 0.717) is 0 Å².